The standard InChI is InChI=1S/C30H32F3N3O4/c31-30(32,33)24-14-12-22(13-15-24)27(16-9-20-5-6-20)40-29(39)36(17-18-37)19-21-7-10-23(11-8-21)28(38)35-26-4-2-1-3-25(26)34/h1-4,7-8,10-15,20,27,37H,5-6,9,16-19,34H2,(H,35,38)/t27-/m0/s1. The van der Waals surface area contributed by atoms with E-state index in [9.17, 15) is 27.9 Å². The summed E-state index contributed by atoms with van der Waals surface area (Å²) in [5, 5.41) is 12.3. The minimum Gasteiger partial charge on any atom is -0.441 e. The Morgan fingerprint density at radius 1 is 1.02 bits per heavy atom. The number of hydrogen-bond acceptors (Lipinski definition) is 5. The van der Waals surface area contributed by atoms with Crippen molar-refractivity contribution in [1.82, 2.24) is 4.90 Å². The Morgan fingerprint density at radius 2 is 1.70 bits per heavy atom. The molecule has 212 valence electrons. The van der Waals surface area contributed by atoms with Gasteiger partial charge in [-0.3, -0.25) is 4.79 Å². The van der Waals surface area contributed by atoms with Crippen molar-refractivity contribution < 1.29 is 32.6 Å². The molecule has 0 heterocycles. The predicted octanol–water partition coefficient (Wildman–Crippen LogP) is 6.40. The van der Waals surface area contributed by atoms with Crippen LogP contribution >= 0.6 is 0 Å². The Hall–Kier alpha value is -4.05. The highest BCUT2D eigenvalue weighted by molar-refractivity contribution is 6.05. The van der Waals surface area contributed by atoms with Crippen LogP contribution in [-0.2, 0) is 17.5 Å². The van der Waals surface area contributed by atoms with Gasteiger partial charge in [0.2, 0.25) is 0 Å². The number of aliphatic hydroxyl groups excluding tert-OH is 1. The number of carbonyl (C=O) groups excluding carboxylic acids is 2. The molecular weight excluding hydrogens is 523 g/mol. The number of nitrogens with two attached hydrogens (primary N) is 1. The van der Waals surface area contributed by atoms with E-state index in [0.29, 0.717) is 40.4 Å². The van der Waals surface area contributed by atoms with E-state index in [0.717, 1.165) is 31.4 Å². The monoisotopic (exact) mass is 555 g/mol. The predicted molar refractivity (Wildman–Crippen MR) is 145 cm³/mol. The molecule has 0 bridgehead atoms. The zero-order valence-electron chi connectivity index (χ0n) is 21.9. The van der Waals surface area contributed by atoms with Gasteiger partial charge < -0.3 is 25.8 Å². The topological polar surface area (TPSA) is 105 Å². The molecule has 7 nitrogen and oxygen atoms in total. The summed E-state index contributed by atoms with van der Waals surface area (Å²) in [6.07, 6.45) is -2.37. The lowest BCUT2D eigenvalue weighted by Gasteiger charge is -2.26. The normalized spacial score (nSPS) is 13.9. The average Bonchev–Trinajstić information content (AvgIpc) is 3.76. The van der Waals surface area contributed by atoms with Crippen LogP contribution < -0.4 is 11.1 Å². The van der Waals surface area contributed by atoms with E-state index < -0.39 is 23.9 Å². The second-order valence-electron chi connectivity index (χ2n) is 9.90. The Bertz CT molecular complexity index is 1290. The fourth-order valence-corrected chi connectivity index (χ4v) is 4.31. The molecule has 40 heavy (non-hydrogen) atoms. The molecule has 1 saturated carbocycles. The van der Waals surface area contributed by atoms with Crippen LogP contribution in [0.1, 0.15) is 58.8 Å². The number of anilines is 2. The summed E-state index contributed by atoms with van der Waals surface area (Å²) < 4.78 is 44.9. The first kappa shape index (κ1) is 28.9. The molecule has 0 aromatic heterocycles. The number of carbonyl (C=O) groups is 2. The Labute approximate surface area is 230 Å². The molecule has 0 unspecified atom stereocenters. The molecule has 1 atom stereocenters. The fraction of sp³-hybridized carbons (Fsp3) is 0.333. The van der Waals surface area contributed by atoms with Gasteiger partial charge in [-0.15, -0.1) is 0 Å². The van der Waals surface area contributed by atoms with Gasteiger partial charge in [0.15, 0.2) is 0 Å². The summed E-state index contributed by atoms with van der Waals surface area (Å²) in [5.74, 6) is 0.198. The van der Waals surface area contributed by atoms with Gasteiger partial charge in [0.05, 0.1) is 23.5 Å². The molecule has 1 fully saturated rings. The van der Waals surface area contributed by atoms with E-state index in [2.05, 4.69) is 5.32 Å². The smallest absolute Gasteiger partial charge is 0.416 e. The van der Waals surface area contributed by atoms with Crippen LogP contribution in [0.25, 0.3) is 0 Å². The number of nitrogens with one attached hydrogen (secondary N) is 1. The fourth-order valence-electron chi connectivity index (χ4n) is 4.31. The maximum atomic E-state index is 13.2. The van der Waals surface area contributed by atoms with Gasteiger partial charge in [0, 0.05) is 18.7 Å². The van der Waals surface area contributed by atoms with Gasteiger partial charge in [-0.2, -0.15) is 13.2 Å². The molecule has 2 amide bonds. The molecule has 1 aliphatic carbocycles. The lowest BCUT2D eigenvalue weighted by molar-refractivity contribution is -0.137. The molecule has 0 saturated heterocycles. The molecular formula is C30H32F3N3O4. The number of alkyl halides is 3. The first-order chi connectivity index (χ1) is 19.1. The van der Waals surface area contributed by atoms with Gasteiger partial charge >= 0.3 is 12.3 Å². The molecule has 3 aromatic rings. The van der Waals surface area contributed by atoms with E-state index in [1.54, 1.807) is 48.5 Å². The van der Waals surface area contributed by atoms with Crippen LogP contribution in [0.4, 0.5) is 29.3 Å². The molecule has 0 spiro atoms. The second-order valence-corrected chi connectivity index (χ2v) is 9.90. The summed E-state index contributed by atoms with van der Waals surface area (Å²) >= 11 is 0. The zero-order chi connectivity index (χ0) is 28.7. The first-order valence-electron chi connectivity index (χ1n) is 13.1. The van der Waals surface area contributed by atoms with Crippen LogP contribution in [0.2, 0.25) is 0 Å². The van der Waals surface area contributed by atoms with E-state index in [1.165, 1.54) is 17.0 Å². The quantitative estimate of drug-likeness (QED) is 0.238. The summed E-state index contributed by atoms with van der Waals surface area (Å²) in [5.41, 5.74) is 7.64. The minimum atomic E-state index is -4.46. The molecule has 4 N–H and O–H groups in total. The second kappa shape index (κ2) is 12.9. The van der Waals surface area contributed by atoms with Gasteiger partial charge in [-0.1, -0.05) is 49.2 Å². The molecule has 0 aliphatic heterocycles. The van der Waals surface area contributed by atoms with E-state index in [4.69, 9.17) is 10.5 Å². The van der Waals surface area contributed by atoms with E-state index in [-0.39, 0.29) is 25.6 Å². The van der Waals surface area contributed by atoms with Gasteiger partial charge in [0.25, 0.3) is 5.91 Å². The third kappa shape index (κ3) is 7.98. The Kier molecular flexibility index (Phi) is 9.31. The highest BCUT2D eigenvalue weighted by atomic mass is 19.4. The van der Waals surface area contributed by atoms with Crippen molar-refractivity contribution in [3.63, 3.8) is 0 Å². The molecule has 10 heteroatoms. The highest BCUT2D eigenvalue weighted by Gasteiger charge is 2.31. The number of rotatable bonds is 11. The lowest BCUT2D eigenvalue weighted by Crippen LogP contribution is -2.34. The number of hydrogen-bond donors (Lipinski definition) is 3. The lowest BCUT2D eigenvalue weighted by atomic mass is 10.0. The first-order valence-corrected chi connectivity index (χ1v) is 13.1. The molecule has 1 aliphatic rings. The summed E-state index contributed by atoms with van der Waals surface area (Å²) in [6, 6.07) is 18.2. The molecule has 4 rings (SSSR count). The van der Waals surface area contributed by atoms with Crippen LogP contribution in [0.15, 0.2) is 72.8 Å². The summed E-state index contributed by atoms with van der Waals surface area (Å²) in [4.78, 5) is 27.1. The summed E-state index contributed by atoms with van der Waals surface area (Å²) in [6.45, 7) is -0.201. The van der Waals surface area contributed by atoms with E-state index >= 15 is 0 Å². The van der Waals surface area contributed by atoms with E-state index in [1.807, 2.05) is 0 Å². The number of nitrogen functional groups attached to an aromatic ring is 1. The highest BCUT2D eigenvalue weighted by Crippen LogP contribution is 2.38. The van der Waals surface area contributed by atoms with Gasteiger partial charge in [0.1, 0.15) is 6.10 Å². The minimum absolute atomic E-state index is 0.00326. The van der Waals surface area contributed by atoms with Gasteiger partial charge in [-0.05, 0) is 66.3 Å². The van der Waals surface area contributed by atoms with Crippen LogP contribution in [0.3, 0.4) is 0 Å². The van der Waals surface area contributed by atoms with Crippen molar-refractivity contribution in [2.24, 2.45) is 5.92 Å². The maximum Gasteiger partial charge on any atom is 0.416 e. The SMILES string of the molecule is Nc1ccccc1NC(=O)c1ccc(CN(CCO)C(=O)O[C@@H](CCC2CC2)c2ccc(C(F)(F)F)cc2)cc1. The zero-order valence-corrected chi connectivity index (χ0v) is 21.9. The van der Waals surface area contributed by atoms with Crippen molar-refractivity contribution >= 4 is 23.4 Å². The molecule has 0 radical (unpaired) electrons. The Balaban J connectivity index is 1.42. The van der Waals surface area contributed by atoms with Crippen LogP contribution in [-0.4, -0.2) is 35.2 Å². The maximum absolute atomic E-state index is 13.2. The third-order valence-corrected chi connectivity index (χ3v) is 6.81. The largest absolute Gasteiger partial charge is 0.441 e. The summed E-state index contributed by atoms with van der Waals surface area (Å²) in [7, 11) is 0. The number of amides is 2. The van der Waals surface area contributed by atoms with Crippen molar-refractivity contribution in [3.05, 3.63) is 95.1 Å². The van der Waals surface area contributed by atoms with Crippen molar-refractivity contribution in [1.29, 1.82) is 0 Å². The van der Waals surface area contributed by atoms with Crippen molar-refractivity contribution in [3.8, 4) is 0 Å². The van der Waals surface area contributed by atoms with Crippen molar-refractivity contribution in [2.45, 2.75) is 44.5 Å². The number of para-hydroxylation sites is 2. The molecule has 3 aromatic carbocycles. The third-order valence-electron chi connectivity index (χ3n) is 6.81. The van der Waals surface area contributed by atoms with Crippen molar-refractivity contribution in [2.75, 3.05) is 24.2 Å². The number of nitrogens with zero attached hydrogens (tertiary/aromatic N) is 1. The van der Waals surface area contributed by atoms with Gasteiger partial charge in [-0.25, -0.2) is 4.79 Å². The number of ether oxygens (including phenoxy) is 1. The number of benzene rings is 3. The Morgan fingerprint density at radius 3 is 2.30 bits per heavy atom. The van der Waals surface area contributed by atoms with Crippen LogP contribution in [0.5, 0.6) is 0 Å². The van der Waals surface area contributed by atoms with Crippen LogP contribution in [0, 0.1) is 5.92 Å². The number of aliphatic hydroxyl groups is 1. The average molecular weight is 556 g/mol. The number of halogens is 3.